The zero-order valence-corrected chi connectivity index (χ0v) is 14.1. The van der Waals surface area contributed by atoms with Gasteiger partial charge in [-0.1, -0.05) is 45.9 Å². The van der Waals surface area contributed by atoms with Crippen molar-refractivity contribution in [2.75, 3.05) is 0 Å². The van der Waals surface area contributed by atoms with Gasteiger partial charge in [0.25, 0.3) is 0 Å². The highest BCUT2D eigenvalue weighted by Gasteiger charge is 2.45. The van der Waals surface area contributed by atoms with Crippen LogP contribution >= 0.6 is 0 Å². The van der Waals surface area contributed by atoms with E-state index in [1.54, 1.807) is 0 Å². The molecule has 0 heterocycles. The second-order valence-electron chi connectivity index (χ2n) is 8.77. The third-order valence-electron chi connectivity index (χ3n) is 4.79. The predicted octanol–water partition coefficient (Wildman–Crippen LogP) is 4.78. The quantitative estimate of drug-likeness (QED) is 0.824. The molecule has 20 heavy (non-hydrogen) atoms. The topological polar surface area (TPSA) is 26.0 Å². The summed E-state index contributed by atoms with van der Waals surface area (Å²) in [6.45, 7) is 13.9. The van der Waals surface area contributed by atoms with E-state index in [1.165, 1.54) is 23.1 Å². The molecule has 1 saturated carbocycles. The van der Waals surface area contributed by atoms with Gasteiger partial charge in [0, 0.05) is 5.54 Å². The summed E-state index contributed by atoms with van der Waals surface area (Å²) in [5, 5.41) is 0. The number of hydrogen-bond acceptors (Lipinski definition) is 1. The second-order valence-corrected chi connectivity index (χ2v) is 8.77. The first kappa shape index (κ1) is 15.6. The number of hydrogen-bond donors (Lipinski definition) is 1. The maximum Gasteiger partial charge on any atom is 0.0205 e. The highest BCUT2D eigenvalue weighted by atomic mass is 14.8. The summed E-state index contributed by atoms with van der Waals surface area (Å²) in [7, 11) is 0. The molecule has 0 amide bonds. The summed E-state index contributed by atoms with van der Waals surface area (Å²) in [4.78, 5) is 0. The van der Waals surface area contributed by atoms with Crippen molar-refractivity contribution in [1.29, 1.82) is 0 Å². The molecular formula is C19H31N. The Bertz CT molecular complexity index is 460. The standard InChI is InChI=1S/C19H31N/c1-14-8-7-9-15(2)16(14)10-19(20)12-17(3,4)11-18(5,6)13-19/h7-9H,10-13,20H2,1-6H3. The summed E-state index contributed by atoms with van der Waals surface area (Å²) in [5.41, 5.74) is 11.7. The van der Waals surface area contributed by atoms with Crippen molar-refractivity contribution in [2.24, 2.45) is 16.6 Å². The van der Waals surface area contributed by atoms with Gasteiger partial charge in [0.15, 0.2) is 0 Å². The SMILES string of the molecule is Cc1cccc(C)c1CC1(N)CC(C)(C)CC(C)(C)C1. The summed E-state index contributed by atoms with van der Waals surface area (Å²) >= 11 is 0. The Morgan fingerprint density at radius 2 is 1.35 bits per heavy atom. The predicted molar refractivity (Wildman–Crippen MR) is 88.0 cm³/mol. The average Bonchev–Trinajstić information content (AvgIpc) is 2.18. The molecule has 0 aliphatic heterocycles. The molecule has 1 fully saturated rings. The molecule has 112 valence electrons. The Labute approximate surface area is 125 Å². The van der Waals surface area contributed by atoms with Crippen LogP contribution in [0.5, 0.6) is 0 Å². The maximum atomic E-state index is 6.88. The molecule has 1 heteroatoms. The maximum absolute atomic E-state index is 6.88. The zero-order chi connectivity index (χ0) is 15.2. The lowest BCUT2D eigenvalue weighted by molar-refractivity contribution is 0.0486. The van der Waals surface area contributed by atoms with Crippen molar-refractivity contribution in [3.63, 3.8) is 0 Å². The molecule has 0 atom stereocenters. The highest BCUT2D eigenvalue weighted by Crippen LogP contribution is 2.50. The highest BCUT2D eigenvalue weighted by molar-refractivity contribution is 5.35. The molecule has 0 radical (unpaired) electrons. The molecule has 0 aromatic heterocycles. The summed E-state index contributed by atoms with van der Waals surface area (Å²) in [5.74, 6) is 0. The second kappa shape index (κ2) is 4.87. The molecule has 2 rings (SSSR count). The van der Waals surface area contributed by atoms with Crippen LogP contribution in [0.15, 0.2) is 18.2 Å². The van der Waals surface area contributed by atoms with Gasteiger partial charge in [-0.25, -0.2) is 0 Å². The Kier molecular flexibility index (Phi) is 3.79. The lowest BCUT2D eigenvalue weighted by atomic mass is 9.57. The van der Waals surface area contributed by atoms with Crippen LogP contribution in [-0.2, 0) is 6.42 Å². The number of benzene rings is 1. The van der Waals surface area contributed by atoms with Gasteiger partial charge in [0.2, 0.25) is 0 Å². The number of nitrogens with two attached hydrogens (primary N) is 1. The van der Waals surface area contributed by atoms with Crippen LogP contribution in [0.1, 0.15) is 63.6 Å². The number of rotatable bonds is 2. The van der Waals surface area contributed by atoms with E-state index in [1.807, 2.05) is 0 Å². The molecule has 1 aromatic rings. The first-order valence-corrected chi connectivity index (χ1v) is 7.86. The van der Waals surface area contributed by atoms with E-state index in [4.69, 9.17) is 5.73 Å². The third kappa shape index (κ3) is 3.44. The molecule has 0 saturated heterocycles. The molecule has 0 spiro atoms. The molecular weight excluding hydrogens is 242 g/mol. The van der Waals surface area contributed by atoms with Crippen LogP contribution in [0.4, 0.5) is 0 Å². The van der Waals surface area contributed by atoms with Crippen molar-refractivity contribution >= 4 is 0 Å². The lowest BCUT2D eigenvalue weighted by Gasteiger charge is -2.51. The van der Waals surface area contributed by atoms with E-state index >= 15 is 0 Å². The monoisotopic (exact) mass is 273 g/mol. The van der Waals surface area contributed by atoms with Crippen molar-refractivity contribution < 1.29 is 0 Å². The summed E-state index contributed by atoms with van der Waals surface area (Å²) in [6.07, 6.45) is 4.53. The van der Waals surface area contributed by atoms with Crippen molar-refractivity contribution in [2.45, 2.75) is 72.8 Å². The van der Waals surface area contributed by atoms with Crippen molar-refractivity contribution in [3.8, 4) is 0 Å². The first-order chi connectivity index (χ1) is 9.02. The van der Waals surface area contributed by atoms with E-state index in [0.717, 1.165) is 19.3 Å². The molecule has 0 unspecified atom stereocenters. The van der Waals surface area contributed by atoms with Gasteiger partial charge < -0.3 is 5.73 Å². The normalized spacial score (nSPS) is 23.6. The minimum atomic E-state index is -0.0673. The fourth-order valence-corrected chi connectivity index (χ4v) is 4.99. The van der Waals surface area contributed by atoms with E-state index in [2.05, 4.69) is 59.7 Å². The van der Waals surface area contributed by atoms with E-state index in [9.17, 15) is 0 Å². The van der Waals surface area contributed by atoms with E-state index in [0.29, 0.717) is 10.8 Å². The van der Waals surface area contributed by atoms with Crippen LogP contribution in [0.25, 0.3) is 0 Å². The summed E-state index contributed by atoms with van der Waals surface area (Å²) < 4.78 is 0. The van der Waals surface area contributed by atoms with Gasteiger partial charge >= 0.3 is 0 Å². The van der Waals surface area contributed by atoms with Crippen LogP contribution in [-0.4, -0.2) is 5.54 Å². The van der Waals surface area contributed by atoms with Gasteiger partial charge in [-0.2, -0.15) is 0 Å². The fourth-order valence-electron chi connectivity index (χ4n) is 4.99. The van der Waals surface area contributed by atoms with E-state index in [-0.39, 0.29) is 5.54 Å². The largest absolute Gasteiger partial charge is 0.325 e. The van der Waals surface area contributed by atoms with E-state index < -0.39 is 0 Å². The molecule has 0 bridgehead atoms. The van der Waals surface area contributed by atoms with Gasteiger partial charge in [-0.15, -0.1) is 0 Å². The number of aryl methyl sites for hydroxylation is 2. The fraction of sp³-hybridized carbons (Fsp3) is 0.684. The van der Waals surface area contributed by atoms with Crippen molar-refractivity contribution in [3.05, 3.63) is 34.9 Å². The van der Waals surface area contributed by atoms with Gasteiger partial charge in [-0.3, -0.25) is 0 Å². The first-order valence-electron chi connectivity index (χ1n) is 7.86. The zero-order valence-electron chi connectivity index (χ0n) is 14.1. The van der Waals surface area contributed by atoms with Crippen molar-refractivity contribution in [1.82, 2.24) is 0 Å². The molecule has 1 nitrogen and oxygen atoms in total. The van der Waals surface area contributed by atoms with Crippen LogP contribution in [0.2, 0.25) is 0 Å². The molecule has 2 N–H and O–H groups in total. The van der Waals surface area contributed by atoms with Gasteiger partial charge in [0.05, 0.1) is 0 Å². The molecule has 1 aliphatic rings. The van der Waals surface area contributed by atoms with Crippen LogP contribution in [0.3, 0.4) is 0 Å². The Balaban J connectivity index is 2.31. The minimum Gasteiger partial charge on any atom is -0.325 e. The Morgan fingerprint density at radius 1 is 0.900 bits per heavy atom. The van der Waals surface area contributed by atoms with Gasteiger partial charge in [-0.05, 0) is 67.1 Å². The average molecular weight is 273 g/mol. The molecule has 1 aromatic carbocycles. The van der Waals surface area contributed by atoms with Gasteiger partial charge in [0.1, 0.15) is 0 Å². The Morgan fingerprint density at radius 3 is 1.80 bits per heavy atom. The Hall–Kier alpha value is -0.820. The lowest BCUT2D eigenvalue weighted by Crippen LogP contribution is -2.53. The smallest absolute Gasteiger partial charge is 0.0205 e. The third-order valence-corrected chi connectivity index (χ3v) is 4.79. The molecule has 1 aliphatic carbocycles. The van der Waals surface area contributed by atoms with Crippen LogP contribution in [0, 0.1) is 24.7 Å². The van der Waals surface area contributed by atoms with Crippen LogP contribution < -0.4 is 5.73 Å². The summed E-state index contributed by atoms with van der Waals surface area (Å²) in [6, 6.07) is 6.57. The minimum absolute atomic E-state index is 0.0673.